The summed E-state index contributed by atoms with van der Waals surface area (Å²) in [6.07, 6.45) is 3.24. The number of nitrogens with zero attached hydrogens (tertiary/aromatic N) is 2. The molecule has 0 saturated carbocycles. The van der Waals surface area contributed by atoms with Gasteiger partial charge in [-0.05, 0) is 18.6 Å². The molecule has 23 heavy (non-hydrogen) atoms. The summed E-state index contributed by atoms with van der Waals surface area (Å²) in [5.41, 5.74) is 0.310. The fraction of sp³-hybridized carbons (Fsp3) is 0.529. The molecule has 6 nitrogen and oxygen atoms in total. The van der Waals surface area contributed by atoms with Crippen molar-refractivity contribution in [3.63, 3.8) is 0 Å². The number of carbonyl (C=O) groups excluding carboxylic acids is 2. The van der Waals surface area contributed by atoms with Gasteiger partial charge >= 0.3 is 6.03 Å². The van der Waals surface area contributed by atoms with E-state index in [-0.39, 0.29) is 17.7 Å². The van der Waals surface area contributed by atoms with E-state index in [1.807, 2.05) is 0 Å². The highest BCUT2D eigenvalue weighted by Crippen LogP contribution is 2.18. The van der Waals surface area contributed by atoms with Crippen molar-refractivity contribution in [2.45, 2.75) is 26.2 Å². The molecule has 2 rings (SSSR count). The van der Waals surface area contributed by atoms with Gasteiger partial charge in [0.05, 0.1) is 5.56 Å². The monoisotopic (exact) mass is 319 g/mol. The van der Waals surface area contributed by atoms with Gasteiger partial charge in [-0.15, -0.1) is 0 Å². The first kappa shape index (κ1) is 17.1. The lowest BCUT2D eigenvalue weighted by Gasteiger charge is -2.34. The molecule has 0 bridgehead atoms. The molecule has 0 spiro atoms. The zero-order valence-electron chi connectivity index (χ0n) is 13.6. The number of phenolic OH excluding ortho intramolecular Hbond substituents is 1. The molecule has 0 unspecified atom stereocenters. The van der Waals surface area contributed by atoms with Crippen LogP contribution in [0.2, 0.25) is 0 Å². The van der Waals surface area contributed by atoms with E-state index in [2.05, 4.69) is 12.2 Å². The van der Waals surface area contributed by atoms with Crippen molar-refractivity contribution in [2.24, 2.45) is 0 Å². The Bertz CT molecular complexity index is 540. The van der Waals surface area contributed by atoms with Gasteiger partial charge in [-0.25, -0.2) is 4.79 Å². The van der Waals surface area contributed by atoms with Crippen LogP contribution in [0.3, 0.4) is 0 Å². The first-order chi connectivity index (χ1) is 11.1. The van der Waals surface area contributed by atoms with Crippen LogP contribution in [0.4, 0.5) is 4.79 Å². The highest BCUT2D eigenvalue weighted by Gasteiger charge is 2.25. The number of para-hydroxylation sites is 1. The Morgan fingerprint density at radius 2 is 1.74 bits per heavy atom. The number of urea groups is 1. The molecule has 2 N–H and O–H groups in total. The van der Waals surface area contributed by atoms with E-state index in [0.29, 0.717) is 38.3 Å². The third kappa shape index (κ3) is 4.61. The highest BCUT2D eigenvalue weighted by atomic mass is 16.3. The maximum Gasteiger partial charge on any atom is 0.317 e. The summed E-state index contributed by atoms with van der Waals surface area (Å²) < 4.78 is 0. The van der Waals surface area contributed by atoms with Crippen LogP contribution in [0.5, 0.6) is 5.75 Å². The van der Waals surface area contributed by atoms with E-state index in [1.165, 1.54) is 6.07 Å². The second-order valence-corrected chi connectivity index (χ2v) is 5.74. The molecule has 6 heteroatoms. The summed E-state index contributed by atoms with van der Waals surface area (Å²) in [5, 5.41) is 12.7. The SMILES string of the molecule is CCCCCNC(=O)N1CCN(C(=O)c2ccccc2O)CC1. The van der Waals surface area contributed by atoms with E-state index >= 15 is 0 Å². The molecular formula is C17H25N3O3. The largest absolute Gasteiger partial charge is 0.507 e. The van der Waals surface area contributed by atoms with Gasteiger partial charge in [-0.3, -0.25) is 4.79 Å². The van der Waals surface area contributed by atoms with Gasteiger partial charge in [0.25, 0.3) is 5.91 Å². The molecule has 1 aromatic rings. The zero-order valence-corrected chi connectivity index (χ0v) is 13.6. The molecule has 1 heterocycles. The van der Waals surface area contributed by atoms with Crippen LogP contribution in [0.25, 0.3) is 0 Å². The lowest BCUT2D eigenvalue weighted by atomic mass is 10.1. The Morgan fingerprint density at radius 3 is 2.39 bits per heavy atom. The highest BCUT2D eigenvalue weighted by molar-refractivity contribution is 5.96. The molecule has 0 aliphatic carbocycles. The summed E-state index contributed by atoms with van der Waals surface area (Å²) in [7, 11) is 0. The molecule has 0 radical (unpaired) electrons. The number of hydrogen-bond acceptors (Lipinski definition) is 3. The second-order valence-electron chi connectivity index (χ2n) is 5.74. The molecule has 0 atom stereocenters. The maximum atomic E-state index is 12.4. The average molecular weight is 319 g/mol. The summed E-state index contributed by atoms with van der Waals surface area (Å²) in [6, 6.07) is 6.48. The van der Waals surface area contributed by atoms with Crippen LogP contribution in [0.15, 0.2) is 24.3 Å². The fourth-order valence-corrected chi connectivity index (χ4v) is 2.62. The molecule has 3 amide bonds. The lowest BCUT2D eigenvalue weighted by molar-refractivity contribution is 0.0662. The summed E-state index contributed by atoms with van der Waals surface area (Å²) in [5.74, 6) is -0.195. The van der Waals surface area contributed by atoms with E-state index in [1.54, 1.807) is 28.0 Å². The Labute approximate surface area is 137 Å². The Balaban J connectivity index is 1.80. The number of hydrogen-bond donors (Lipinski definition) is 2. The van der Waals surface area contributed by atoms with Gasteiger partial charge in [-0.1, -0.05) is 31.9 Å². The minimum atomic E-state index is -0.189. The average Bonchev–Trinajstić information content (AvgIpc) is 2.58. The van der Waals surface area contributed by atoms with Gasteiger partial charge in [0.15, 0.2) is 0 Å². The number of rotatable bonds is 5. The van der Waals surface area contributed by atoms with E-state index in [9.17, 15) is 14.7 Å². The second kappa shape index (κ2) is 8.41. The standard InChI is InChI=1S/C17H25N3O3/c1-2-3-6-9-18-17(23)20-12-10-19(11-13-20)16(22)14-7-4-5-8-15(14)21/h4-5,7-8,21H,2-3,6,9-13H2,1H3,(H,18,23). The van der Waals surface area contributed by atoms with Crippen LogP contribution in [-0.2, 0) is 0 Å². The van der Waals surface area contributed by atoms with Gasteiger partial charge in [0, 0.05) is 32.7 Å². The topological polar surface area (TPSA) is 72.9 Å². The van der Waals surface area contributed by atoms with Crippen molar-refractivity contribution in [1.29, 1.82) is 0 Å². The number of unbranched alkanes of at least 4 members (excludes halogenated alkanes) is 2. The number of piperazine rings is 1. The van der Waals surface area contributed by atoms with Crippen molar-refractivity contribution in [2.75, 3.05) is 32.7 Å². The van der Waals surface area contributed by atoms with Crippen molar-refractivity contribution >= 4 is 11.9 Å². The van der Waals surface area contributed by atoms with Crippen molar-refractivity contribution < 1.29 is 14.7 Å². The van der Waals surface area contributed by atoms with E-state index in [4.69, 9.17) is 0 Å². The van der Waals surface area contributed by atoms with Crippen LogP contribution in [0, 0.1) is 0 Å². The predicted octanol–water partition coefficient (Wildman–Crippen LogP) is 2.05. The predicted molar refractivity (Wildman–Crippen MR) is 88.5 cm³/mol. The van der Waals surface area contributed by atoms with Gasteiger partial charge < -0.3 is 20.2 Å². The number of amides is 3. The van der Waals surface area contributed by atoms with Crippen molar-refractivity contribution in [3.05, 3.63) is 29.8 Å². The van der Waals surface area contributed by atoms with Crippen molar-refractivity contribution in [1.82, 2.24) is 15.1 Å². The third-order valence-electron chi connectivity index (χ3n) is 4.05. The molecule has 1 saturated heterocycles. The lowest BCUT2D eigenvalue weighted by Crippen LogP contribution is -2.53. The van der Waals surface area contributed by atoms with E-state index < -0.39 is 0 Å². The number of phenols is 1. The first-order valence-corrected chi connectivity index (χ1v) is 8.23. The van der Waals surface area contributed by atoms with Crippen molar-refractivity contribution in [3.8, 4) is 5.75 Å². The fourth-order valence-electron chi connectivity index (χ4n) is 2.62. The van der Waals surface area contributed by atoms with Crippen LogP contribution >= 0.6 is 0 Å². The molecule has 1 aromatic carbocycles. The Hall–Kier alpha value is -2.24. The third-order valence-corrected chi connectivity index (χ3v) is 4.05. The summed E-state index contributed by atoms with van der Waals surface area (Å²) in [4.78, 5) is 27.8. The van der Waals surface area contributed by atoms with Gasteiger partial charge in [-0.2, -0.15) is 0 Å². The summed E-state index contributed by atoms with van der Waals surface area (Å²) in [6.45, 7) is 4.81. The number of benzene rings is 1. The number of carbonyl (C=O) groups is 2. The maximum absolute atomic E-state index is 12.4. The molecule has 1 aliphatic rings. The van der Waals surface area contributed by atoms with Gasteiger partial charge in [0.1, 0.15) is 5.75 Å². The molecule has 1 fully saturated rings. The van der Waals surface area contributed by atoms with Crippen LogP contribution < -0.4 is 5.32 Å². The quantitative estimate of drug-likeness (QED) is 0.816. The minimum absolute atomic E-state index is 0.00593. The smallest absolute Gasteiger partial charge is 0.317 e. The Kier molecular flexibility index (Phi) is 6.26. The normalized spacial score (nSPS) is 14.7. The first-order valence-electron chi connectivity index (χ1n) is 8.23. The van der Waals surface area contributed by atoms with E-state index in [0.717, 1.165) is 19.3 Å². The molecule has 1 aliphatic heterocycles. The van der Waals surface area contributed by atoms with Gasteiger partial charge in [0.2, 0.25) is 0 Å². The Morgan fingerprint density at radius 1 is 1.09 bits per heavy atom. The minimum Gasteiger partial charge on any atom is -0.507 e. The summed E-state index contributed by atoms with van der Waals surface area (Å²) >= 11 is 0. The molecular weight excluding hydrogens is 294 g/mol. The number of nitrogens with one attached hydrogen (secondary N) is 1. The number of aromatic hydroxyl groups is 1. The van der Waals surface area contributed by atoms with Crippen LogP contribution in [-0.4, -0.2) is 59.6 Å². The van der Waals surface area contributed by atoms with Crippen LogP contribution in [0.1, 0.15) is 36.5 Å². The molecule has 126 valence electrons. The molecule has 0 aromatic heterocycles. The zero-order chi connectivity index (χ0) is 16.7.